The number of phenolic OH excluding ortho intramolecular Hbond substituents is 2. The monoisotopic (exact) mass is 408 g/mol. The second kappa shape index (κ2) is 15.6. The van der Waals surface area contributed by atoms with Gasteiger partial charge in [0.05, 0.1) is 0 Å². The molecule has 0 fully saturated rings. The summed E-state index contributed by atoms with van der Waals surface area (Å²) in [6.45, 7) is 0. The van der Waals surface area contributed by atoms with E-state index in [-0.39, 0.29) is 0 Å². The number of aromatic hydroxyl groups is 2. The lowest BCUT2D eigenvalue weighted by Gasteiger charge is -2.03. The summed E-state index contributed by atoms with van der Waals surface area (Å²) in [5.41, 5.74) is 2.49. The van der Waals surface area contributed by atoms with Crippen LogP contribution in [0.3, 0.4) is 0 Å². The molecule has 0 aliphatic carbocycles. The Morgan fingerprint density at radius 3 is 1.33 bits per heavy atom. The number of unbranched alkanes of at least 4 members (excludes halogenated alkanes) is 10. The molecule has 0 saturated heterocycles. The molecule has 0 amide bonds. The fourth-order valence-electron chi connectivity index (χ4n) is 3.90. The van der Waals surface area contributed by atoms with Crippen LogP contribution in [0.2, 0.25) is 0 Å². The molecule has 2 aromatic carbocycles. The third kappa shape index (κ3) is 11.7. The van der Waals surface area contributed by atoms with Crippen molar-refractivity contribution in [2.75, 3.05) is 0 Å². The van der Waals surface area contributed by atoms with Crippen molar-refractivity contribution in [2.24, 2.45) is 0 Å². The first kappa shape index (κ1) is 24.1. The molecule has 0 spiro atoms. The van der Waals surface area contributed by atoms with Crippen molar-refractivity contribution in [3.63, 3.8) is 0 Å². The second-order valence-electron chi connectivity index (χ2n) is 8.42. The van der Waals surface area contributed by atoms with E-state index in [9.17, 15) is 10.2 Å². The van der Waals surface area contributed by atoms with Gasteiger partial charge < -0.3 is 10.2 Å². The maximum absolute atomic E-state index is 9.47. The number of allylic oxidation sites excluding steroid dienone is 2. The minimum Gasteiger partial charge on any atom is -0.508 e. The summed E-state index contributed by atoms with van der Waals surface area (Å²) < 4.78 is 0. The van der Waals surface area contributed by atoms with E-state index in [0.29, 0.717) is 11.5 Å². The third-order valence-corrected chi connectivity index (χ3v) is 5.66. The standard InChI is InChI=1S/C28H40O2/c29-27-21-15-19-25(23-27)17-13-11-9-7-5-3-1-2-4-6-8-10-12-14-18-26-20-16-22-28(30)24-26/h1-2,15-16,19-24,29-30H,3-14,17-18H2. The number of aryl methyl sites for hydroxylation is 2. The normalized spacial score (nSPS) is 11.3. The fourth-order valence-corrected chi connectivity index (χ4v) is 3.90. The average molecular weight is 409 g/mol. The molecule has 30 heavy (non-hydrogen) atoms. The van der Waals surface area contributed by atoms with Gasteiger partial charge in [-0.3, -0.25) is 0 Å². The van der Waals surface area contributed by atoms with E-state index in [1.165, 1.54) is 88.2 Å². The highest BCUT2D eigenvalue weighted by Gasteiger charge is 1.97. The maximum atomic E-state index is 9.47. The molecule has 0 atom stereocenters. The van der Waals surface area contributed by atoms with Crippen LogP contribution in [-0.2, 0) is 12.8 Å². The van der Waals surface area contributed by atoms with Gasteiger partial charge in [0.15, 0.2) is 0 Å². The molecule has 2 nitrogen and oxygen atoms in total. The Kier molecular flexibility index (Phi) is 12.5. The molecule has 0 aliphatic rings. The van der Waals surface area contributed by atoms with E-state index in [0.717, 1.165) is 12.8 Å². The lowest BCUT2D eigenvalue weighted by atomic mass is 10.0. The van der Waals surface area contributed by atoms with Gasteiger partial charge in [-0.15, -0.1) is 0 Å². The predicted molar refractivity (Wildman–Crippen MR) is 128 cm³/mol. The first-order valence-electron chi connectivity index (χ1n) is 11.9. The van der Waals surface area contributed by atoms with Crippen molar-refractivity contribution in [3.05, 3.63) is 71.8 Å². The van der Waals surface area contributed by atoms with E-state index in [1.807, 2.05) is 24.3 Å². The average Bonchev–Trinajstić information content (AvgIpc) is 2.73. The zero-order valence-corrected chi connectivity index (χ0v) is 18.6. The van der Waals surface area contributed by atoms with Gasteiger partial charge in [-0.1, -0.05) is 74.9 Å². The molecule has 0 heterocycles. The van der Waals surface area contributed by atoms with Gasteiger partial charge in [-0.2, -0.15) is 0 Å². The summed E-state index contributed by atoms with van der Waals surface area (Å²) >= 11 is 0. The maximum Gasteiger partial charge on any atom is 0.115 e. The fraction of sp³-hybridized carbons (Fsp3) is 0.500. The first-order valence-corrected chi connectivity index (χ1v) is 11.9. The molecular weight excluding hydrogens is 368 g/mol. The van der Waals surface area contributed by atoms with E-state index in [1.54, 1.807) is 12.1 Å². The highest BCUT2D eigenvalue weighted by molar-refractivity contribution is 5.27. The van der Waals surface area contributed by atoms with Crippen LogP contribution in [0.1, 0.15) is 88.2 Å². The largest absolute Gasteiger partial charge is 0.508 e. The molecule has 2 N–H and O–H groups in total. The molecule has 0 radical (unpaired) electrons. The molecule has 2 heteroatoms. The Balaban J connectivity index is 1.32. The van der Waals surface area contributed by atoms with E-state index in [4.69, 9.17) is 0 Å². The van der Waals surface area contributed by atoms with Crippen LogP contribution >= 0.6 is 0 Å². The molecule has 0 aromatic heterocycles. The van der Waals surface area contributed by atoms with Gasteiger partial charge >= 0.3 is 0 Å². The van der Waals surface area contributed by atoms with Gasteiger partial charge in [-0.05, 0) is 86.8 Å². The topological polar surface area (TPSA) is 40.5 Å². The molecule has 164 valence electrons. The van der Waals surface area contributed by atoms with Crippen molar-refractivity contribution in [3.8, 4) is 11.5 Å². The SMILES string of the molecule is Oc1cccc(CCCCCCCC=CCCCCCCCc2cccc(O)c2)c1. The quantitative estimate of drug-likeness (QED) is 0.217. The first-order chi connectivity index (χ1) is 14.7. The lowest BCUT2D eigenvalue weighted by Crippen LogP contribution is -1.86. The number of hydrogen-bond donors (Lipinski definition) is 2. The van der Waals surface area contributed by atoms with Gasteiger partial charge in [0.2, 0.25) is 0 Å². The van der Waals surface area contributed by atoms with Crippen molar-refractivity contribution in [1.82, 2.24) is 0 Å². The number of phenols is 2. The number of benzene rings is 2. The summed E-state index contributed by atoms with van der Waals surface area (Å²) in [4.78, 5) is 0. The molecule has 2 rings (SSSR count). The summed E-state index contributed by atoms with van der Waals surface area (Å²) in [7, 11) is 0. The Bertz CT molecular complexity index is 659. The Hall–Kier alpha value is -2.22. The smallest absolute Gasteiger partial charge is 0.115 e. The van der Waals surface area contributed by atoms with Crippen LogP contribution in [0.5, 0.6) is 11.5 Å². The highest BCUT2D eigenvalue weighted by atomic mass is 16.3. The van der Waals surface area contributed by atoms with Crippen LogP contribution in [0, 0.1) is 0 Å². The van der Waals surface area contributed by atoms with Crippen LogP contribution in [-0.4, -0.2) is 10.2 Å². The molecule has 0 unspecified atom stereocenters. The predicted octanol–water partition coefficient (Wildman–Crippen LogP) is 8.12. The van der Waals surface area contributed by atoms with Crippen molar-refractivity contribution < 1.29 is 10.2 Å². The van der Waals surface area contributed by atoms with Gasteiger partial charge in [-0.25, -0.2) is 0 Å². The minimum atomic E-state index is 0.379. The van der Waals surface area contributed by atoms with Crippen molar-refractivity contribution in [2.45, 2.75) is 89.9 Å². The Morgan fingerprint density at radius 2 is 0.900 bits per heavy atom. The second-order valence-corrected chi connectivity index (χ2v) is 8.42. The zero-order chi connectivity index (χ0) is 21.3. The van der Waals surface area contributed by atoms with Gasteiger partial charge in [0, 0.05) is 0 Å². The minimum absolute atomic E-state index is 0.379. The number of hydrogen-bond acceptors (Lipinski definition) is 2. The number of rotatable bonds is 16. The van der Waals surface area contributed by atoms with Gasteiger partial charge in [0.25, 0.3) is 0 Å². The van der Waals surface area contributed by atoms with Crippen molar-refractivity contribution >= 4 is 0 Å². The summed E-state index contributed by atoms with van der Waals surface area (Å²) in [6.07, 6.45) is 22.2. The van der Waals surface area contributed by atoms with Crippen molar-refractivity contribution in [1.29, 1.82) is 0 Å². The molecule has 2 aromatic rings. The van der Waals surface area contributed by atoms with Crippen LogP contribution in [0.4, 0.5) is 0 Å². The third-order valence-electron chi connectivity index (χ3n) is 5.66. The van der Waals surface area contributed by atoms with E-state index in [2.05, 4.69) is 24.3 Å². The Morgan fingerprint density at radius 1 is 0.500 bits per heavy atom. The summed E-state index contributed by atoms with van der Waals surface area (Å²) in [5.74, 6) is 0.758. The summed E-state index contributed by atoms with van der Waals surface area (Å²) in [5, 5.41) is 18.9. The summed E-state index contributed by atoms with van der Waals surface area (Å²) in [6, 6.07) is 15.3. The molecule has 0 bridgehead atoms. The van der Waals surface area contributed by atoms with Crippen LogP contribution in [0.15, 0.2) is 60.7 Å². The molecular formula is C28H40O2. The zero-order valence-electron chi connectivity index (χ0n) is 18.6. The van der Waals surface area contributed by atoms with Gasteiger partial charge in [0.1, 0.15) is 11.5 Å². The van der Waals surface area contributed by atoms with Crippen LogP contribution < -0.4 is 0 Å². The Labute approximate surface area is 183 Å². The molecule has 0 aliphatic heterocycles. The lowest BCUT2D eigenvalue weighted by molar-refractivity contribution is 0.473. The van der Waals surface area contributed by atoms with Crippen LogP contribution in [0.25, 0.3) is 0 Å². The van der Waals surface area contributed by atoms with E-state index < -0.39 is 0 Å². The molecule has 0 saturated carbocycles. The van der Waals surface area contributed by atoms with E-state index >= 15 is 0 Å². The highest BCUT2D eigenvalue weighted by Crippen LogP contribution is 2.16.